The van der Waals surface area contributed by atoms with Crippen LogP contribution in [0.3, 0.4) is 0 Å². The number of morpholine rings is 1. The van der Waals surface area contributed by atoms with E-state index in [2.05, 4.69) is 0 Å². The molecular formula is C8H13NO3. The number of carbonyl (C=O) groups excluding carboxylic acids is 1. The van der Waals surface area contributed by atoms with Crippen LogP contribution in [0.25, 0.3) is 0 Å². The second kappa shape index (κ2) is 3.03. The molecule has 2 atom stereocenters. The Morgan fingerprint density at radius 2 is 2.33 bits per heavy atom. The van der Waals surface area contributed by atoms with Gasteiger partial charge >= 0.3 is 0 Å². The predicted octanol–water partition coefficient (Wildman–Crippen LogP) is -0.368. The summed E-state index contributed by atoms with van der Waals surface area (Å²) < 4.78 is 10.8. The van der Waals surface area contributed by atoms with Crippen molar-refractivity contribution in [1.82, 2.24) is 4.90 Å². The monoisotopic (exact) mass is 171 g/mol. The number of rotatable bonds is 0. The minimum absolute atomic E-state index is 0.0743. The molecule has 2 saturated heterocycles. The third kappa shape index (κ3) is 1.32. The van der Waals surface area contributed by atoms with E-state index in [1.54, 1.807) is 0 Å². The summed E-state index contributed by atoms with van der Waals surface area (Å²) in [4.78, 5) is 13.0. The van der Waals surface area contributed by atoms with Crippen molar-refractivity contribution in [2.24, 2.45) is 0 Å². The smallest absolute Gasteiger partial charge is 0.248 e. The van der Waals surface area contributed by atoms with Crippen LogP contribution in [0.15, 0.2) is 0 Å². The van der Waals surface area contributed by atoms with Gasteiger partial charge in [-0.25, -0.2) is 0 Å². The van der Waals surface area contributed by atoms with Gasteiger partial charge in [-0.1, -0.05) is 0 Å². The van der Waals surface area contributed by atoms with E-state index in [9.17, 15) is 4.79 Å². The van der Waals surface area contributed by atoms with Crippen LogP contribution in [0.5, 0.6) is 0 Å². The quantitative estimate of drug-likeness (QED) is 0.499. The first-order chi connectivity index (χ1) is 5.77. The SMILES string of the molecule is C[C@@H]1OCCN2C[C@H]1OCC2=O. The van der Waals surface area contributed by atoms with Crippen molar-refractivity contribution in [2.75, 3.05) is 26.3 Å². The normalized spacial score (nSPS) is 36.4. The van der Waals surface area contributed by atoms with Crippen molar-refractivity contribution in [3.63, 3.8) is 0 Å². The molecular weight excluding hydrogens is 158 g/mol. The van der Waals surface area contributed by atoms with Gasteiger partial charge in [0.25, 0.3) is 0 Å². The number of nitrogens with zero attached hydrogens (tertiary/aromatic N) is 1. The maximum absolute atomic E-state index is 11.2. The van der Waals surface area contributed by atoms with Gasteiger partial charge in [0, 0.05) is 13.1 Å². The van der Waals surface area contributed by atoms with Crippen LogP contribution in [-0.4, -0.2) is 49.3 Å². The lowest BCUT2D eigenvalue weighted by atomic mass is 10.2. The first-order valence-electron chi connectivity index (χ1n) is 4.28. The number of hydrogen-bond donors (Lipinski definition) is 0. The molecule has 0 aromatic rings. The minimum atomic E-state index is 0.0743. The molecule has 68 valence electrons. The van der Waals surface area contributed by atoms with Gasteiger partial charge in [-0.15, -0.1) is 0 Å². The van der Waals surface area contributed by atoms with Gasteiger partial charge in [-0.3, -0.25) is 4.79 Å². The van der Waals surface area contributed by atoms with Crippen LogP contribution in [0.1, 0.15) is 6.92 Å². The Balaban J connectivity index is 2.09. The van der Waals surface area contributed by atoms with Crippen molar-refractivity contribution in [3.05, 3.63) is 0 Å². The molecule has 0 spiro atoms. The van der Waals surface area contributed by atoms with E-state index >= 15 is 0 Å². The van der Waals surface area contributed by atoms with Gasteiger partial charge in [-0.2, -0.15) is 0 Å². The molecule has 12 heavy (non-hydrogen) atoms. The van der Waals surface area contributed by atoms with Crippen LogP contribution in [0.4, 0.5) is 0 Å². The summed E-state index contributed by atoms with van der Waals surface area (Å²) >= 11 is 0. The molecule has 0 N–H and O–H groups in total. The zero-order valence-electron chi connectivity index (χ0n) is 7.16. The van der Waals surface area contributed by atoms with Crippen LogP contribution in [-0.2, 0) is 14.3 Å². The van der Waals surface area contributed by atoms with Gasteiger partial charge in [0.05, 0.1) is 12.7 Å². The van der Waals surface area contributed by atoms with Crippen LogP contribution >= 0.6 is 0 Å². The van der Waals surface area contributed by atoms with E-state index in [1.165, 1.54) is 0 Å². The molecule has 0 unspecified atom stereocenters. The molecule has 2 rings (SSSR count). The highest BCUT2D eigenvalue weighted by Gasteiger charge is 2.32. The van der Waals surface area contributed by atoms with Gasteiger partial charge < -0.3 is 14.4 Å². The lowest BCUT2D eigenvalue weighted by Crippen LogP contribution is -2.48. The molecule has 1 amide bonds. The van der Waals surface area contributed by atoms with Crippen molar-refractivity contribution < 1.29 is 14.3 Å². The zero-order chi connectivity index (χ0) is 8.55. The topological polar surface area (TPSA) is 38.8 Å². The average Bonchev–Trinajstić information content (AvgIpc) is 2.21. The van der Waals surface area contributed by atoms with Gasteiger partial charge in [0.1, 0.15) is 12.7 Å². The Bertz CT molecular complexity index is 195. The lowest BCUT2D eigenvalue weighted by molar-refractivity contribution is -0.150. The molecule has 2 bridgehead atoms. The third-order valence-corrected chi connectivity index (χ3v) is 2.44. The zero-order valence-corrected chi connectivity index (χ0v) is 7.16. The fourth-order valence-corrected chi connectivity index (χ4v) is 1.60. The molecule has 4 nitrogen and oxygen atoms in total. The van der Waals surface area contributed by atoms with Crippen LogP contribution in [0, 0.1) is 0 Å². The van der Waals surface area contributed by atoms with Crippen molar-refractivity contribution in [3.8, 4) is 0 Å². The molecule has 2 fully saturated rings. The van der Waals surface area contributed by atoms with Gasteiger partial charge in [-0.05, 0) is 6.92 Å². The highest BCUT2D eigenvalue weighted by Crippen LogP contribution is 2.15. The fraction of sp³-hybridized carbons (Fsp3) is 0.875. The van der Waals surface area contributed by atoms with E-state index in [0.717, 1.165) is 0 Å². The van der Waals surface area contributed by atoms with E-state index in [0.29, 0.717) is 19.7 Å². The second-order valence-corrected chi connectivity index (χ2v) is 3.27. The summed E-state index contributed by atoms with van der Waals surface area (Å²) in [6.45, 7) is 4.25. The summed E-state index contributed by atoms with van der Waals surface area (Å²) in [6.07, 6.45) is 0.188. The maximum Gasteiger partial charge on any atom is 0.248 e. The minimum Gasteiger partial charge on any atom is -0.374 e. The second-order valence-electron chi connectivity index (χ2n) is 3.27. The average molecular weight is 171 g/mol. The number of fused-ring (bicyclic) bond motifs is 2. The highest BCUT2D eigenvalue weighted by molar-refractivity contribution is 5.78. The molecule has 0 aromatic carbocycles. The molecule has 0 radical (unpaired) electrons. The Morgan fingerprint density at radius 1 is 1.50 bits per heavy atom. The Labute approximate surface area is 71.4 Å². The molecule has 0 aromatic heterocycles. The van der Waals surface area contributed by atoms with E-state index < -0.39 is 0 Å². The van der Waals surface area contributed by atoms with E-state index in [1.807, 2.05) is 11.8 Å². The van der Waals surface area contributed by atoms with E-state index in [4.69, 9.17) is 9.47 Å². The predicted molar refractivity (Wildman–Crippen MR) is 41.7 cm³/mol. The molecule has 0 aliphatic carbocycles. The van der Waals surface area contributed by atoms with E-state index in [-0.39, 0.29) is 24.7 Å². The Kier molecular flexibility index (Phi) is 2.02. The van der Waals surface area contributed by atoms with Gasteiger partial charge in [0.2, 0.25) is 5.91 Å². The number of carbonyl (C=O) groups is 1. The van der Waals surface area contributed by atoms with Gasteiger partial charge in [0.15, 0.2) is 0 Å². The van der Waals surface area contributed by atoms with Crippen molar-refractivity contribution in [2.45, 2.75) is 19.1 Å². The first kappa shape index (κ1) is 8.01. The summed E-state index contributed by atoms with van der Waals surface area (Å²) in [5.74, 6) is 0.0870. The molecule has 4 heteroatoms. The molecule has 2 heterocycles. The lowest BCUT2D eigenvalue weighted by Gasteiger charge is -2.31. The largest absolute Gasteiger partial charge is 0.374 e. The standard InChI is InChI=1S/C8H13NO3/c1-6-7-4-9(2-3-11-6)8(10)5-12-7/h6-7H,2-5H2,1H3/t6-,7+/m0/s1. The van der Waals surface area contributed by atoms with Crippen LogP contribution in [0.2, 0.25) is 0 Å². The fourth-order valence-electron chi connectivity index (χ4n) is 1.60. The van der Waals surface area contributed by atoms with Crippen molar-refractivity contribution in [1.29, 1.82) is 0 Å². The summed E-state index contributed by atoms with van der Waals surface area (Å²) in [6, 6.07) is 0. The van der Waals surface area contributed by atoms with Crippen molar-refractivity contribution >= 4 is 5.91 Å². The highest BCUT2D eigenvalue weighted by atomic mass is 16.5. The number of amides is 1. The Morgan fingerprint density at radius 3 is 3.17 bits per heavy atom. The maximum atomic E-state index is 11.2. The molecule has 2 aliphatic rings. The molecule has 0 saturated carbocycles. The third-order valence-electron chi connectivity index (χ3n) is 2.44. The summed E-state index contributed by atoms with van der Waals surface area (Å²) in [5.41, 5.74) is 0. The number of ether oxygens (including phenoxy) is 2. The first-order valence-corrected chi connectivity index (χ1v) is 4.28. The Hall–Kier alpha value is -0.610. The van der Waals surface area contributed by atoms with Crippen LogP contribution < -0.4 is 0 Å². The summed E-state index contributed by atoms with van der Waals surface area (Å²) in [5, 5.41) is 0. The number of hydrogen-bond acceptors (Lipinski definition) is 3. The summed E-state index contributed by atoms with van der Waals surface area (Å²) in [7, 11) is 0. The molecule has 2 aliphatic heterocycles.